The number of aromatic nitrogens is 3. The first kappa shape index (κ1) is 18.2. The van der Waals surface area contributed by atoms with Crippen LogP contribution in [0.2, 0.25) is 5.15 Å². The van der Waals surface area contributed by atoms with Crippen LogP contribution < -0.4 is 5.32 Å². The molecule has 4 rings (SSSR count). The molecule has 0 radical (unpaired) electrons. The van der Waals surface area contributed by atoms with Crippen LogP contribution >= 0.6 is 23.8 Å². The van der Waals surface area contributed by atoms with Gasteiger partial charge in [-0.05, 0) is 60.7 Å². The van der Waals surface area contributed by atoms with Crippen LogP contribution in [-0.4, -0.2) is 20.1 Å². The molecule has 0 saturated carbocycles. The first-order valence-electron chi connectivity index (χ1n) is 8.22. The van der Waals surface area contributed by atoms with Crippen molar-refractivity contribution in [3.8, 4) is 22.8 Å². The zero-order valence-electron chi connectivity index (χ0n) is 14.3. The van der Waals surface area contributed by atoms with E-state index in [1.807, 2.05) is 24.3 Å². The van der Waals surface area contributed by atoms with Gasteiger partial charge in [-0.15, -0.1) is 0 Å². The van der Waals surface area contributed by atoms with Crippen molar-refractivity contribution in [1.29, 1.82) is 0 Å². The highest BCUT2D eigenvalue weighted by Gasteiger charge is 2.11. The summed E-state index contributed by atoms with van der Waals surface area (Å²) in [7, 11) is 0. The van der Waals surface area contributed by atoms with Gasteiger partial charge in [0.15, 0.2) is 0 Å². The fraction of sp³-hybridized carbons (Fsp3) is 0. The summed E-state index contributed by atoms with van der Waals surface area (Å²) in [6, 6.07) is 16.8. The van der Waals surface area contributed by atoms with E-state index in [1.54, 1.807) is 30.5 Å². The average Bonchev–Trinajstić information content (AvgIpc) is 3.19. The number of benzene rings is 2. The molecule has 5 nitrogen and oxygen atoms in total. The smallest absolute Gasteiger partial charge is 0.258 e. The van der Waals surface area contributed by atoms with Crippen molar-refractivity contribution in [2.45, 2.75) is 0 Å². The zero-order valence-corrected chi connectivity index (χ0v) is 15.8. The summed E-state index contributed by atoms with van der Waals surface area (Å²) in [6.45, 7) is 0. The molecule has 0 aliphatic heterocycles. The highest BCUT2D eigenvalue weighted by atomic mass is 35.5. The summed E-state index contributed by atoms with van der Waals surface area (Å²) >= 11 is 11.4. The fourth-order valence-electron chi connectivity index (χ4n) is 2.51. The normalized spacial score (nSPS) is 10.6. The lowest BCUT2D eigenvalue weighted by Gasteiger charge is -2.09. The molecule has 0 bridgehead atoms. The van der Waals surface area contributed by atoms with Crippen LogP contribution in [0, 0.1) is 5.82 Å². The van der Waals surface area contributed by atoms with Gasteiger partial charge in [-0.2, -0.15) is 4.98 Å². The third-order valence-corrected chi connectivity index (χ3v) is 4.55. The number of hydrogen-bond acceptors (Lipinski definition) is 5. The predicted octanol–water partition coefficient (Wildman–Crippen LogP) is 5.38. The van der Waals surface area contributed by atoms with Crippen molar-refractivity contribution in [2.75, 3.05) is 5.32 Å². The summed E-state index contributed by atoms with van der Waals surface area (Å²) in [5.41, 5.74) is 2.87. The van der Waals surface area contributed by atoms with E-state index in [1.165, 1.54) is 12.1 Å². The third kappa shape index (κ3) is 3.90. The minimum absolute atomic E-state index is 0.322. The zero-order chi connectivity index (χ0) is 19.5. The molecule has 0 atom stereocenters. The number of hydrogen-bond donors (Lipinski definition) is 1. The number of halogens is 2. The second-order valence-corrected chi connectivity index (χ2v) is 6.57. The van der Waals surface area contributed by atoms with Gasteiger partial charge in [0.2, 0.25) is 5.82 Å². The van der Waals surface area contributed by atoms with Crippen LogP contribution in [0.1, 0.15) is 5.56 Å². The van der Waals surface area contributed by atoms with Crippen LogP contribution in [0.4, 0.5) is 10.1 Å². The molecule has 4 aromatic rings. The van der Waals surface area contributed by atoms with E-state index in [0.717, 1.165) is 11.3 Å². The summed E-state index contributed by atoms with van der Waals surface area (Å²) in [5.74, 6) is 0.436. The van der Waals surface area contributed by atoms with Gasteiger partial charge in [0.05, 0.1) is 0 Å². The van der Waals surface area contributed by atoms with Crippen LogP contribution in [-0.2, 0) is 0 Å². The number of rotatable bonds is 4. The van der Waals surface area contributed by atoms with Gasteiger partial charge in [0.25, 0.3) is 5.89 Å². The van der Waals surface area contributed by atoms with E-state index < -0.39 is 0 Å². The first-order valence-corrected chi connectivity index (χ1v) is 9.01. The standard InChI is InChI=1S/C20H12ClFN4OS/c21-17-16(2-1-11-23-17)20(28)24-15-9-5-12(6-10-15)18-25-19(27-26-18)13-3-7-14(22)8-4-13/h1-11H,(H,24,28). The van der Waals surface area contributed by atoms with Crippen LogP contribution in [0.15, 0.2) is 71.4 Å². The lowest BCUT2D eigenvalue weighted by atomic mass is 10.2. The van der Waals surface area contributed by atoms with Crippen LogP contribution in [0.5, 0.6) is 0 Å². The van der Waals surface area contributed by atoms with E-state index in [9.17, 15) is 4.39 Å². The molecule has 0 aliphatic carbocycles. The highest BCUT2D eigenvalue weighted by Crippen LogP contribution is 2.24. The summed E-state index contributed by atoms with van der Waals surface area (Å²) in [4.78, 5) is 8.85. The lowest BCUT2D eigenvalue weighted by Crippen LogP contribution is -2.11. The molecule has 138 valence electrons. The Hall–Kier alpha value is -3.16. The van der Waals surface area contributed by atoms with Gasteiger partial charge in [-0.25, -0.2) is 9.37 Å². The van der Waals surface area contributed by atoms with Gasteiger partial charge >= 0.3 is 0 Å². The maximum atomic E-state index is 13.0. The maximum Gasteiger partial charge on any atom is 0.258 e. The Morgan fingerprint density at radius 3 is 2.43 bits per heavy atom. The fourth-order valence-corrected chi connectivity index (χ4v) is 3.06. The SMILES string of the molecule is Fc1ccc(-c2nc(-c3ccc(NC(=S)c4cccnc4Cl)cc3)no2)cc1. The van der Waals surface area contributed by atoms with Crippen molar-refractivity contribution in [3.05, 3.63) is 83.4 Å². The van der Waals surface area contributed by atoms with Crippen molar-refractivity contribution >= 4 is 34.5 Å². The van der Waals surface area contributed by atoms with E-state index in [2.05, 4.69) is 20.4 Å². The minimum Gasteiger partial charge on any atom is -0.346 e. The number of nitrogens with one attached hydrogen (secondary N) is 1. The molecule has 2 aromatic heterocycles. The molecular formula is C20H12ClFN4OS. The molecule has 0 aliphatic rings. The Morgan fingerprint density at radius 1 is 1.00 bits per heavy atom. The van der Waals surface area contributed by atoms with Crippen molar-refractivity contribution in [2.24, 2.45) is 0 Å². The lowest BCUT2D eigenvalue weighted by molar-refractivity contribution is 0.432. The van der Waals surface area contributed by atoms with Crippen molar-refractivity contribution in [3.63, 3.8) is 0 Å². The number of thiocarbonyl (C=S) groups is 1. The quantitative estimate of drug-likeness (QED) is 0.360. The van der Waals surface area contributed by atoms with E-state index in [0.29, 0.717) is 33.0 Å². The number of pyridine rings is 1. The Kier molecular flexibility index (Phi) is 5.10. The Morgan fingerprint density at radius 2 is 1.71 bits per heavy atom. The molecule has 2 heterocycles. The van der Waals surface area contributed by atoms with Gasteiger partial charge < -0.3 is 9.84 Å². The monoisotopic (exact) mass is 410 g/mol. The largest absolute Gasteiger partial charge is 0.346 e. The topological polar surface area (TPSA) is 63.8 Å². The van der Waals surface area contributed by atoms with Crippen LogP contribution in [0.3, 0.4) is 0 Å². The van der Waals surface area contributed by atoms with E-state index >= 15 is 0 Å². The summed E-state index contributed by atoms with van der Waals surface area (Å²) in [6.07, 6.45) is 1.61. The van der Waals surface area contributed by atoms with E-state index in [-0.39, 0.29) is 5.82 Å². The molecule has 1 N–H and O–H groups in total. The first-order chi connectivity index (χ1) is 13.6. The summed E-state index contributed by atoms with van der Waals surface area (Å²) < 4.78 is 18.3. The second-order valence-electron chi connectivity index (χ2n) is 5.80. The molecular weight excluding hydrogens is 399 g/mol. The van der Waals surface area contributed by atoms with Crippen molar-refractivity contribution in [1.82, 2.24) is 15.1 Å². The third-order valence-electron chi connectivity index (χ3n) is 3.92. The predicted molar refractivity (Wildman–Crippen MR) is 110 cm³/mol. The molecule has 8 heteroatoms. The number of anilines is 1. The molecule has 0 spiro atoms. The minimum atomic E-state index is -0.322. The van der Waals surface area contributed by atoms with Crippen molar-refractivity contribution < 1.29 is 8.91 Å². The van der Waals surface area contributed by atoms with Crippen LogP contribution in [0.25, 0.3) is 22.8 Å². The maximum absolute atomic E-state index is 13.0. The number of nitrogens with zero attached hydrogens (tertiary/aromatic N) is 3. The summed E-state index contributed by atoms with van der Waals surface area (Å²) in [5, 5.41) is 7.45. The van der Waals surface area contributed by atoms with Gasteiger partial charge in [-0.3, -0.25) is 0 Å². The Bertz CT molecular complexity index is 1130. The Labute approximate surface area is 170 Å². The highest BCUT2D eigenvalue weighted by molar-refractivity contribution is 7.81. The molecule has 2 aromatic carbocycles. The molecule has 0 saturated heterocycles. The molecule has 0 unspecified atom stereocenters. The molecule has 0 fully saturated rings. The van der Waals surface area contributed by atoms with E-state index in [4.69, 9.17) is 28.3 Å². The van der Waals surface area contributed by atoms with Gasteiger partial charge in [0.1, 0.15) is 16.0 Å². The van der Waals surface area contributed by atoms with Gasteiger partial charge in [0, 0.05) is 28.6 Å². The second kappa shape index (κ2) is 7.84. The van der Waals surface area contributed by atoms with Gasteiger partial charge in [-0.1, -0.05) is 29.0 Å². The average molecular weight is 411 g/mol. The Balaban J connectivity index is 1.50. The molecule has 0 amide bonds. The molecule has 28 heavy (non-hydrogen) atoms.